The zero-order chi connectivity index (χ0) is 21.0. The summed E-state index contributed by atoms with van der Waals surface area (Å²) in [5, 5.41) is 3.01. The maximum atomic E-state index is 12.9. The van der Waals surface area contributed by atoms with Crippen molar-refractivity contribution in [1.82, 2.24) is 15.1 Å². The van der Waals surface area contributed by atoms with Crippen molar-refractivity contribution in [2.45, 2.75) is 77.2 Å². The topological polar surface area (TPSA) is 86.8 Å². The molecule has 1 saturated heterocycles. The second-order valence-electron chi connectivity index (χ2n) is 10.9. The smallest absolute Gasteiger partial charge is 0.334 e. The molecular weight excluding hydrogens is 382 g/mol. The van der Waals surface area contributed by atoms with E-state index in [1.165, 1.54) is 38.5 Å². The SMILES string of the molecule is C[C@@H]1CCCC[C@@H]1N1C(=O)C(=O)N(CC(=O)NCC23CC4CC(CC(C4)C2)C3)C1=O. The normalized spacial score (nSPS) is 40.4. The van der Waals surface area contributed by atoms with E-state index in [1.54, 1.807) is 0 Å². The highest BCUT2D eigenvalue weighted by Crippen LogP contribution is 2.59. The van der Waals surface area contributed by atoms with E-state index in [-0.39, 0.29) is 29.8 Å². The summed E-state index contributed by atoms with van der Waals surface area (Å²) in [6.07, 6.45) is 11.3. The number of hydrogen-bond donors (Lipinski definition) is 1. The molecule has 0 spiro atoms. The van der Waals surface area contributed by atoms with Crippen LogP contribution in [-0.2, 0) is 14.4 Å². The summed E-state index contributed by atoms with van der Waals surface area (Å²) < 4.78 is 0. The highest BCUT2D eigenvalue weighted by atomic mass is 16.2. The van der Waals surface area contributed by atoms with E-state index in [1.807, 2.05) is 6.92 Å². The number of nitrogens with zero attached hydrogens (tertiary/aromatic N) is 2. The Morgan fingerprint density at radius 3 is 2.17 bits per heavy atom. The first-order valence-corrected chi connectivity index (χ1v) is 11.8. The second kappa shape index (κ2) is 7.34. The van der Waals surface area contributed by atoms with Crippen molar-refractivity contribution in [1.29, 1.82) is 0 Å². The van der Waals surface area contributed by atoms with Gasteiger partial charge in [0.15, 0.2) is 0 Å². The number of carbonyl (C=O) groups excluding carboxylic acids is 4. The fourth-order valence-electron chi connectivity index (χ4n) is 7.63. The largest absolute Gasteiger partial charge is 0.354 e. The number of amides is 5. The average Bonchev–Trinajstić information content (AvgIpc) is 2.89. The van der Waals surface area contributed by atoms with Crippen molar-refractivity contribution in [3.8, 4) is 0 Å². The van der Waals surface area contributed by atoms with Crippen molar-refractivity contribution in [3.63, 3.8) is 0 Å². The molecule has 164 valence electrons. The Labute approximate surface area is 177 Å². The van der Waals surface area contributed by atoms with Gasteiger partial charge in [-0.05, 0) is 80.5 Å². The van der Waals surface area contributed by atoms with Crippen LogP contribution in [0.2, 0.25) is 0 Å². The third kappa shape index (κ3) is 3.34. The third-order valence-electron chi connectivity index (χ3n) is 8.61. The van der Waals surface area contributed by atoms with Crippen LogP contribution in [-0.4, -0.2) is 52.7 Å². The van der Waals surface area contributed by atoms with Gasteiger partial charge in [0.25, 0.3) is 0 Å². The summed E-state index contributed by atoms with van der Waals surface area (Å²) in [5.41, 5.74) is 0.197. The number of imide groups is 2. The third-order valence-corrected chi connectivity index (χ3v) is 8.61. The molecule has 5 amide bonds. The minimum Gasteiger partial charge on any atom is -0.354 e. The molecule has 0 radical (unpaired) electrons. The quantitative estimate of drug-likeness (QED) is 0.552. The van der Waals surface area contributed by atoms with Crippen LogP contribution in [0.3, 0.4) is 0 Å². The van der Waals surface area contributed by atoms with Crippen molar-refractivity contribution in [2.75, 3.05) is 13.1 Å². The molecule has 0 aromatic rings. The summed E-state index contributed by atoms with van der Waals surface area (Å²) in [6.45, 7) is 2.30. The number of carbonyl (C=O) groups is 4. The molecule has 7 nitrogen and oxygen atoms in total. The van der Waals surface area contributed by atoms with Crippen LogP contribution >= 0.6 is 0 Å². The number of urea groups is 1. The van der Waals surface area contributed by atoms with E-state index in [0.717, 1.165) is 53.2 Å². The molecule has 0 aromatic heterocycles. The van der Waals surface area contributed by atoms with Gasteiger partial charge in [0.1, 0.15) is 6.54 Å². The van der Waals surface area contributed by atoms with Crippen molar-refractivity contribution >= 4 is 23.8 Å². The lowest BCUT2D eigenvalue weighted by Gasteiger charge is -2.56. The van der Waals surface area contributed by atoms with E-state index in [4.69, 9.17) is 0 Å². The maximum absolute atomic E-state index is 12.9. The standard InChI is InChI=1S/C23H33N3O4/c1-14-4-2-3-5-18(14)26-21(29)20(28)25(22(26)30)12-19(27)24-13-23-9-15-6-16(10-23)8-17(7-15)11-23/h14-18H,2-13H2,1H3,(H,24,27)/t14-,15?,16?,17?,18+,23?/m1/s1. The summed E-state index contributed by atoms with van der Waals surface area (Å²) >= 11 is 0. The van der Waals surface area contributed by atoms with Crippen molar-refractivity contribution in [2.24, 2.45) is 29.1 Å². The summed E-state index contributed by atoms with van der Waals surface area (Å²) in [6, 6.07) is -0.850. The Hall–Kier alpha value is -1.92. The lowest BCUT2D eigenvalue weighted by molar-refractivity contribution is -0.145. The lowest BCUT2D eigenvalue weighted by atomic mass is 9.49. The van der Waals surface area contributed by atoms with Gasteiger partial charge < -0.3 is 5.32 Å². The van der Waals surface area contributed by atoms with Crippen molar-refractivity contribution < 1.29 is 19.2 Å². The van der Waals surface area contributed by atoms with E-state index < -0.39 is 17.8 Å². The Balaban J connectivity index is 1.20. The zero-order valence-corrected chi connectivity index (χ0v) is 17.9. The molecule has 6 rings (SSSR count). The predicted octanol–water partition coefficient (Wildman–Crippen LogP) is 2.69. The highest BCUT2D eigenvalue weighted by molar-refractivity contribution is 6.45. The van der Waals surface area contributed by atoms with Crippen LogP contribution in [0, 0.1) is 29.1 Å². The molecule has 2 atom stereocenters. The summed E-state index contributed by atoms with van der Waals surface area (Å²) in [4.78, 5) is 52.5. The van der Waals surface area contributed by atoms with Gasteiger partial charge >= 0.3 is 17.8 Å². The molecule has 30 heavy (non-hydrogen) atoms. The van der Waals surface area contributed by atoms with Gasteiger partial charge in [-0.15, -0.1) is 0 Å². The lowest BCUT2D eigenvalue weighted by Crippen LogP contribution is -2.52. The Morgan fingerprint density at radius 2 is 1.57 bits per heavy atom. The van der Waals surface area contributed by atoms with E-state index in [0.29, 0.717) is 6.54 Å². The first-order valence-electron chi connectivity index (χ1n) is 11.8. The number of hydrogen-bond acceptors (Lipinski definition) is 4. The molecule has 5 aliphatic carbocycles. The van der Waals surface area contributed by atoms with Gasteiger partial charge in [0.05, 0.1) is 0 Å². The average molecular weight is 416 g/mol. The molecule has 7 heteroatoms. The first kappa shape index (κ1) is 20.0. The Morgan fingerprint density at radius 1 is 0.967 bits per heavy atom. The Bertz CT molecular complexity index is 743. The molecule has 6 aliphatic rings. The van der Waals surface area contributed by atoms with Gasteiger partial charge in [-0.3, -0.25) is 19.3 Å². The molecule has 1 heterocycles. The summed E-state index contributed by atoms with van der Waals surface area (Å²) in [7, 11) is 0. The van der Waals surface area contributed by atoms with E-state index in [2.05, 4.69) is 5.32 Å². The monoisotopic (exact) mass is 415 g/mol. The van der Waals surface area contributed by atoms with Gasteiger partial charge in [0.2, 0.25) is 5.91 Å². The minimum atomic E-state index is -0.859. The molecule has 4 bridgehead atoms. The van der Waals surface area contributed by atoms with Gasteiger partial charge in [0, 0.05) is 12.6 Å². The fourth-order valence-corrected chi connectivity index (χ4v) is 7.63. The predicted molar refractivity (Wildman–Crippen MR) is 109 cm³/mol. The van der Waals surface area contributed by atoms with Crippen molar-refractivity contribution in [3.05, 3.63) is 0 Å². The van der Waals surface area contributed by atoms with Crippen LogP contribution in [0.15, 0.2) is 0 Å². The minimum absolute atomic E-state index is 0.185. The van der Waals surface area contributed by atoms with E-state index >= 15 is 0 Å². The number of rotatable bonds is 5. The maximum Gasteiger partial charge on any atom is 0.334 e. The first-order chi connectivity index (χ1) is 14.3. The van der Waals surface area contributed by atoms with Crippen LogP contribution in [0.25, 0.3) is 0 Å². The fraction of sp³-hybridized carbons (Fsp3) is 0.826. The summed E-state index contributed by atoms with van der Waals surface area (Å²) in [5.74, 6) is 0.633. The number of nitrogens with one attached hydrogen (secondary N) is 1. The van der Waals surface area contributed by atoms with Crippen LogP contribution < -0.4 is 5.32 Å². The van der Waals surface area contributed by atoms with E-state index in [9.17, 15) is 19.2 Å². The molecule has 0 aromatic carbocycles. The highest BCUT2D eigenvalue weighted by Gasteiger charge is 2.52. The van der Waals surface area contributed by atoms with Crippen LogP contribution in [0.4, 0.5) is 4.79 Å². The van der Waals surface area contributed by atoms with Gasteiger partial charge in [-0.2, -0.15) is 0 Å². The molecule has 5 saturated carbocycles. The molecule has 6 fully saturated rings. The zero-order valence-electron chi connectivity index (χ0n) is 17.9. The molecular formula is C23H33N3O4. The Kier molecular flexibility index (Phi) is 4.90. The molecule has 1 N–H and O–H groups in total. The second-order valence-corrected chi connectivity index (χ2v) is 10.9. The molecule has 0 unspecified atom stereocenters. The van der Waals surface area contributed by atoms with Crippen LogP contribution in [0.1, 0.15) is 71.1 Å². The van der Waals surface area contributed by atoms with Gasteiger partial charge in [-0.1, -0.05) is 19.8 Å². The molecule has 1 aliphatic heterocycles. The van der Waals surface area contributed by atoms with Gasteiger partial charge in [-0.25, -0.2) is 9.69 Å². The van der Waals surface area contributed by atoms with Crippen LogP contribution in [0.5, 0.6) is 0 Å².